The zero-order chi connectivity index (χ0) is 17.0. The van der Waals surface area contributed by atoms with Crippen molar-refractivity contribution in [3.63, 3.8) is 0 Å². The van der Waals surface area contributed by atoms with Crippen LogP contribution in [-0.4, -0.2) is 55.0 Å². The first-order chi connectivity index (χ1) is 10.9. The minimum Gasteiger partial charge on any atom is -0.497 e. The Labute approximate surface area is 141 Å². The number of hydrogen-bond acceptors (Lipinski definition) is 3. The van der Waals surface area contributed by atoms with E-state index in [1.807, 2.05) is 0 Å². The summed E-state index contributed by atoms with van der Waals surface area (Å²) < 4.78 is 5.09. The van der Waals surface area contributed by atoms with Crippen LogP contribution in [0.1, 0.15) is 19.8 Å². The maximum Gasteiger partial charge on any atom is 0.321 e. The third-order valence-corrected chi connectivity index (χ3v) is 4.53. The van der Waals surface area contributed by atoms with Crippen LogP contribution in [0, 0.1) is 0 Å². The molecule has 23 heavy (non-hydrogen) atoms. The van der Waals surface area contributed by atoms with Crippen molar-refractivity contribution in [3.8, 4) is 5.75 Å². The van der Waals surface area contributed by atoms with Gasteiger partial charge in [-0.05, 0) is 25.0 Å². The van der Waals surface area contributed by atoms with Crippen LogP contribution in [0.2, 0.25) is 5.02 Å². The van der Waals surface area contributed by atoms with Gasteiger partial charge in [-0.2, -0.15) is 0 Å². The van der Waals surface area contributed by atoms with Gasteiger partial charge in [-0.15, -0.1) is 0 Å². The van der Waals surface area contributed by atoms with E-state index in [-0.39, 0.29) is 18.0 Å². The fourth-order valence-corrected chi connectivity index (χ4v) is 2.85. The van der Waals surface area contributed by atoms with Gasteiger partial charge < -0.3 is 19.9 Å². The molecule has 1 saturated heterocycles. The van der Waals surface area contributed by atoms with E-state index >= 15 is 0 Å². The van der Waals surface area contributed by atoms with E-state index in [2.05, 4.69) is 5.32 Å². The average Bonchev–Trinajstić information content (AvgIpc) is 2.55. The molecule has 1 aromatic rings. The molecule has 1 fully saturated rings. The Morgan fingerprint density at radius 2 is 2.00 bits per heavy atom. The molecule has 1 aromatic carbocycles. The topological polar surface area (TPSA) is 61.9 Å². The van der Waals surface area contributed by atoms with Gasteiger partial charge in [-0.3, -0.25) is 4.79 Å². The summed E-state index contributed by atoms with van der Waals surface area (Å²) >= 11 is 6.13. The number of ether oxygens (including phenoxy) is 1. The van der Waals surface area contributed by atoms with E-state index in [0.29, 0.717) is 29.5 Å². The first-order valence-electron chi connectivity index (χ1n) is 7.55. The van der Waals surface area contributed by atoms with Crippen LogP contribution in [0.5, 0.6) is 5.75 Å². The number of halogens is 1. The van der Waals surface area contributed by atoms with Crippen molar-refractivity contribution in [1.29, 1.82) is 0 Å². The predicted molar refractivity (Wildman–Crippen MR) is 90.1 cm³/mol. The van der Waals surface area contributed by atoms with Gasteiger partial charge in [0.1, 0.15) is 5.75 Å². The number of carbonyl (C=O) groups is 2. The quantitative estimate of drug-likeness (QED) is 0.921. The summed E-state index contributed by atoms with van der Waals surface area (Å²) in [4.78, 5) is 27.2. The monoisotopic (exact) mass is 339 g/mol. The molecule has 1 aliphatic rings. The maximum atomic E-state index is 12.3. The fourth-order valence-electron chi connectivity index (χ4n) is 2.63. The maximum absolute atomic E-state index is 12.3. The molecule has 3 amide bonds. The lowest BCUT2D eigenvalue weighted by atomic mass is 10.0. The smallest absolute Gasteiger partial charge is 0.321 e. The second-order valence-corrected chi connectivity index (χ2v) is 6.03. The van der Waals surface area contributed by atoms with E-state index in [4.69, 9.17) is 16.3 Å². The van der Waals surface area contributed by atoms with Gasteiger partial charge >= 0.3 is 6.03 Å². The van der Waals surface area contributed by atoms with Crippen LogP contribution in [0.25, 0.3) is 0 Å². The molecule has 0 aromatic heterocycles. The molecule has 7 heteroatoms. The third-order valence-electron chi connectivity index (χ3n) is 4.21. The normalized spacial score (nSPS) is 15.2. The molecule has 0 saturated carbocycles. The number of piperidine rings is 1. The molecule has 0 atom stereocenters. The lowest BCUT2D eigenvalue weighted by Gasteiger charge is -2.36. The van der Waals surface area contributed by atoms with Crippen LogP contribution in [0.15, 0.2) is 18.2 Å². The Bertz CT molecular complexity index is 586. The number of likely N-dealkylation sites (tertiary alicyclic amines) is 1. The second-order valence-electron chi connectivity index (χ2n) is 5.62. The average molecular weight is 340 g/mol. The highest BCUT2D eigenvalue weighted by atomic mass is 35.5. The molecule has 126 valence electrons. The Morgan fingerprint density at radius 1 is 1.35 bits per heavy atom. The van der Waals surface area contributed by atoms with Gasteiger partial charge in [0.05, 0.1) is 17.8 Å². The summed E-state index contributed by atoms with van der Waals surface area (Å²) in [6.45, 7) is 2.79. The van der Waals surface area contributed by atoms with Crippen molar-refractivity contribution in [2.75, 3.05) is 32.6 Å². The standard InChI is InChI=1S/C16H22ClN3O3/c1-11(21)19(2)12-6-8-20(9-7-12)16(22)18-15-5-4-13(23-3)10-14(15)17/h4-5,10,12H,6-9H2,1-3H3,(H,18,22). The van der Waals surface area contributed by atoms with E-state index in [0.717, 1.165) is 12.8 Å². The largest absolute Gasteiger partial charge is 0.497 e. The molecule has 0 spiro atoms. The highest BCUT2D eigenvalue weighted by Gasteiger charge is 2.26. The minimum atomic E-state index is -0.180. The molecule has 6 nitrogen and oxygen atoms in total. The Balaban J connectivity index is 1.92. The molecule has 2 rings (SSSR count). The highest BCUT2D eigenvalue weighted by molar-refractivity contribution is 6.33. The van der Waals surface area contributed by atoms with E-state index in [1.54, 1.807) is 49.1 Å². The van der Waals surface area contributed by atoms with Crippen molar-refractivity contribution >= 4 is 29.2 Å². The molecular weight excluding hydrogens is 318 g/mol. The van der Waals surface area contributed by atoms with Crippen LogP contribution in [-0.2, 0) is 4.79 Å². The summed E-state index contributed by atoms with van der Waals surface area (Å²) in [5.74, 6) is 0.694. The lowest BCUT2D eigenvalue weighted by Crippen LogP contribution is -2.47. The fraction of sp³-hybridized carbons (Fsp3) is 0.500. The molecule has 1 N–H and O–H groups in total. The zero-order valence-corrected chi connectivity index (χ0v) is 14.4. The van der Waals surface area contributed by atoms with Gasteiger partial charge in [0.15, 0.2) is 0 Å². The highest BCUT2D eigenvalue weighted by Crippen LogP contribution is 2.27. The zero-order valence-electron chi connectivity index (χ0n) is 13.6. The lowest BCUT2D eigenvalue weighted by molar-refractivity contribution is -0.130. The summed E-state index contributed by atoms with van der Waals surface area (Å²) in [5.41, 5.74) is 0.556. The van der Waals surface area contributed by atoms with E-state index in [9.17, 15) is 9.59 Å². The SMILES string of the molecule is COc1ccc(NC(=O)N2CCC(N(C)C(C)=O)CC2)c(Cl)c1. The van der Waals surface area contributed by atoms with Crippen molar-refractivity contribution in [2.24, 2.45) is 0 Å². The Hall–Kier alpha value is -1.95. The third kappa shape index (κ3) is 4.28. The van der Waals surface area contributed by atoms with Gasteiger partial charge in [-0.25, -0.2) is 4.79 Å². The van der Waals surface area contributed by atoms with Gasteiger partial charge in [0.2, 0.25) is 5.91 Å². The number of hydrogen-bond donors (Lipinski definition) is 1. The summed E-state index contributed by atoms with van der Waals surface area (Å²) in [6.07, 6.45) is 1.56. The summed E-state index contributed by atoms with van der Waals surface area (Å²) in [5, 5.41) is 3.25. The van der Waals surface area contributed by atoms with Crippen molar-refractivity contribution in [1.82, 2.24) is 9.80 Å². The van der Waals surface area contributed by atoms with E-state index < -0.39 is 0 Å². The predicted octanol–water partition coefficient (Wildman–Crippen LogP) is 2.82. The number of urea groups is 1. The van der Waals surface area contributed by atoms with Gasteiger partial charge in [0, 0.05) is 39.2 Å². The Kier molecular flexibility index (Phi) is 5.71. The summed E-state index contributed by atoms with van der Waals surface area (Å²) in [7, 11) is 3.37. The summed E-state index contributed by atoms with van der Waals surface area (Å²) in [6, 6.07) is 5.14. The molecule has 0 aliphatic carbocycles. The first-order valence-corrected chi connectivity index (χ1v) is 7.93. The van der Waals surface area contributed by atoms with Crippen LogP contribution in [0.3, 0.4) is 0 Å². The molecule has 1 heterocycles. The minimum absolute atomic E-state index is 0.0536. The molecular formula is C16H22ClN3O3. The van der Waals surface area contributed by atoms with Gasteiger partial charge in [0.25, 0.3) is 0 Å². The number of methoxy groups -OCH3 is 1. The van der Waals surface area contributed by atoms with Crippen LogP contribution >= 0.6 is 11.6 Å². The van der Waals surface area contributed by atoms with Crippen LogP contribution in [0.4, 0.5) is 10.5 Å². The molecule has 0 bridgehead atoms. The number of anilines is 1. The van der Waals surface area contributed by atoms with Crippen molar-refractivity contribution in [3.05, 3.63) is 23.2 Å². The first kappa shape index (κ1) is 17.4. The van der Waals surface area contributed by atoms with Crippen LogP contribution < -0.4 is 10.1 Å². The Morgan fingerprint density at radius 3 is 2.52 bits per heavy atom. The number of benzene rings is 1. The number of amides is 3. The van der Waals surface area contributed by atoms with Crippen molar-refractivity contribution < 1.29 is 14.3 Å². The van der Waals surface area contributed by atoms with E-state index in [1.165, 1.54) is 0 Å². The second kappa shape index (κ2) is 7.55. The van der Waals surface area contributed by atoms with Crippen molar-refractivity contribution in [2.45, 2.75) is 25.8 Å². The number of carbonyl (C=O) groups excluding carboxylic acids is 2. The molecule has 0 radical (unpaired) electrons. The van der Waals surface area contributed by atoms with Gasteiger partial charge in [-0.1, -0.05) is 11.6 Å². The number of nitrogens with zero attached hydrogens (tertiary/aromatic N) is 2. The molecule has 0 unspecified atom stereocenters. The number of rotatable bonds is 3. The number of nitrogens with one attached hydrogen (secondary N) is 1. The molecule has 1 aliphatic heterocycles.